The Morgan fingerprint density at radius 1 is 1.36 bits per heavy atom. The maximum atomic E-state index is 13.7. The molecule has 0 radical (unpaired) electrons. The molecule has 0 spiro atoms. The number of hydrogen-bond donors (Lipinski definition) is 2. The molecule has 2 rings (SSSR count). The molecule has 5 nitrogen and oxygen atoms in total. The second-order valence-corrected chi connectivity index (χ2v) is 6.43. The highest BCUT2D eigenvalue weighted by atomic mass is 127. The van der Waals surface area contributed by atoms with Gasteiger partial charge in [0.25, 0.3) is 0 Å². The maximum Gasteiger partial charge on any atom is 0.191 e. The fraction of sp³-hybridized carbons (Fsp3) is 0.667. The molecule has 1 aromatic rings. The minimum atomic E-state index is -0.315. The SMILES string of the molecule is CCNC(=NCc1ncccc1F)NCC1(CCOC)CCCC1.I. The van der Waals surface area contributed by atoms with Crippen molar-refractivity contribution in [1.82, 2.24) is 15.6 Å². The molecule has 0 amide bonds. The number of hydrogen-bond acceptors (Lipinski definition) is 3. The molecule has 0 aromatic carbocycles. The van der Waals surface area contributed by atoms with Gasteiger partial charge in [-0.1, -0.05) is 12.8 Å². The molecule has 2 N–H and O–H groups in total. The number of methoxy groups -OCH3 is 1. The van der Waals surface area contributed by atoms with Crippen LogP contribution in [0.3, 0.4) is 0 Å². The molecule has 0 unspecified atom stereocenters. The Hall–Kier alpha value is -0.960. The van der Waals surface area contributed by atoms with Gasteiger partial charge in [-0.15, -0.1) is 24.0 Å². The molecule has 0 aliphatic heterocycles. The van der Waals surface area contributed by atoms with Crippen molar-refractivity contribution in [2.45, 2.75) is 45.6 Å². The van der Waals surface area contributed by atoms with Crippen molar-refractivity contribution in [3.05, 3.63) is 29.8 Å². The maximum absolute atomic E-state index is 13.7. The fourth-order valence-corrected chi connectivity index (χ4v) is 3.26. The van der Waals surface area contributed by atoms with Crippen molar-refractivity contribution in [2.24, 2.45) is 10.4 Å². The van der Waals surface area contributed by atoms with E-state index in [0.717, 1.165) is 26.1 Å². The number of nitrogens with one attached hydrogen (secondary N) is 2. The van der Waals surface area contributed by atoms with Crippen LogP contribution < -0.4 is 10.6 Å². The van der Waals surface area contributed by atoms with Gasteiger partial charge in [-0.2, -0.15) is 0 Å². The lowest BCUT2D eigenvalue weighted by Crippen LogP contribution is -2.43. The molecule has 1 saturated carbocycles. The Kier molecular flexibility index (Phi) is 10.3. The number of pyridine rings is 1. The van der Waals surface area contributed by atoms with E-state index < -0.39 is 0 Å². The van der Waals surface area contributed by atoms with Crippen LogP contribution in [-0.2, 0) is 11.3 Å². The van der Waals surface area contributed by atoms with Crippen LogP contribution in [0.25, 0.3) is 0 Å². The highest BCUT2D eigenvalue weighted by molar-refractivity contribution is 14.0. The fourth-order valence-electron chi connectivity index (χ4n) is 3.26. The van der Waals surface area contributed by atoms with E-state index in [4.69, 9.17) is 4.74 Å². The zero-order chi connectivity index (χ0) is 17.3. The zero-order valence-electron chi connectivity index (χ0n) is 15.2. The number of aromatic nitrogens is 1. The summed E-state index contributed by atoms with van der Waals surface area (Å²) in [4.78, 5) is 8.53. The summed E-state index contributed by atoms with van der Waals surface area (Å²) in [7, 11) is 1.75. The molecule has 0 atom stereocenters. The summed E-state index contributed by atoms with van der Waals surface area (Å²) in [5.41, 5.74) is 0.646. The number of rotatable bonds is 8. The minimum absolute atomic E-state index is 0. The van der Waals surface area contributed by atoms with E-state index in [1.54, 1.807) is 19.4 Å². The topological polar surface area (TPSA) is 58.5 Å². The van der Waals surface area contributed by atoms with Crippen LogP contribution in [-0.4, -0.2) is 37.7 Å². The van der Waals surface area contributed by atoms with Crippen LogP contribution in [0.2, 0.25) is 0 Å². The molecule has 7 heteroatoms. The van der Waals surface area contributed by atoms with Crippen molar-refractivity contribution in [3.63, 3.8) is 0 Å². The average molecular weight is 464 g/mol. The summed E-state index contributed by atoms with van der Waals surface area (Å²) in [6, 6.07) is 3.00. The van der Waals surface area contributed by atoms with Gasteiger partial charge >= 0.3 is 0 Å². The Bertz CT molecular complexity index is 536. The van der Waals surface area contributed by atoms with E-state index in [1.807, 2.05) is 6.92 Å². The van der Waals surface area contributed by atoms with Gasteiger partial charge in [-0.25, -0.2) is 9.38 Å². The van der Waals surface area contributed by atoms with E-state index in [0.29, 0.717) is 11.7 Å². The molecule has 25 heavy (non-hydrogen) atoms. The van der Waals surface area contributed by atoms with Gasteiger partial charge in [0.05, 0.1) is 12.2 Å². The van der Waals surface area contributed by atoms with Crippen molar-refractivity contribution in [2.75, 3.05) is 26.8 Å². The molecule has 1 aliphatic rings. The number of halogens is 2. The molecule has 0 saturated heterocycles. The summed E-state index contributed by atoms with van der Waals surface area (Å²) in [5, 5.41) is 6.66. The Morgan fingerprint density at radius 2 is 2.12 bits per heavy atom. The standard InChI is InChI=1S/C18H29FN4O.HI/c1-3-20-17(22-13-16-15(19)7-6-11-21-16)23-14-18(10-12-24-2)8-4-5-9-18;/h6-7,11H,3-5,8-10,12-14H2,1-2H3,(H2,20,22,23);1H. The molecule has 1 fully saturated rings. The monoisotopic (exact) mass is 464 g/mol. The van der Waals surface area contributed by atoms with E-state index in [-0.39, 0.29) is 41.8 Å². The van der Waals surface area contributed by atoms with Crippen LogP contribution in [0.5, 0.6) is 0 Å². The summed E-state index contributed by atoms with van der Waals surface area (Å²) in [5.74, 6) is 0.399. The smallest absolute Gasteiger partial charge is 0.191 e. The van der Waals surface area contributed by atoms with Crippen molar-refractivity contribution >= 4 is 29.9 Å². The van der Waals surface area contributed by atoms with Crippen LogP contribution in [0.1, 0.15) is 44.7 Å². The minimum Gasteiger partial charge on any atom is -0.385 e. The molecular formula is C18H30FIN4O. The van der Waals surface area contributed by atoms with Crippen LogP contribution in [0.4, 0.5) is 4.39 Å². The number of aliphatic imine (C=N–C) groups is 1. The predicted octanol–water partition coefficient (Wildman–Crippen LogP) is 3.49. The highest BCUT2D eigenvalue weighted by Gasteiger charge is 2.33. The first-order chi connectivity index (χ1) is 11.7. The summed E-state index contributed by atoms with van der Waals surface area (Å²) < 4.78 is 18.9. The van der Waals surface area contributed by atoms with E-state index in [2.05, 4.69) is 20.6 Å². The van der Waals surface area contributed by atoms with Gasteiger partial charge in [-0.3, -0.25) is 4.98 Å². The lowest BCUT2D eigenvalue weighted by atomic mass is 9.83. The zero-order valence-corrected chi connectivity index (χ0v) is 17.5. The Balaban J connectivity index is 0.00000312. The lowest BCUT2D eigenvalue weighted by molar-refractivity contribution is 0.138. The summed E-state index contributed by atoms with van der Waals surface area (Å²) in [6.07, 6.45) is 7.64. The van der Waals surface area contributed by atoms with Gasteiger partial charge in [0.2, 0.25) is 0 Å². The Labute approximate surface area is 167 Å². The van der Waals surface area contributed by atoms with Crippen LogP contribution in [0, 0.1) is 11.2 Å². The molecule has 142 valence electrons. The van der Waals surface area contributed by atoms with E-state index >= 15 is 0 Å². The first-order valence-electron chi connectivity index (χ1n) is 8.79. The normalized spacial score (nSPS) is 16.4. The number of ether oxygens (including phenoxy) is 1. The van der Waals surface area contributed by atoms with Crippen molar-refractivity contribution < 1.29 is 9.13 Å². The van der Waals surface area contributed by atoms with E-state index in [9.17, 15) is 4.39 Å². The largest absolute Gasteiger partial charge is 0.385 e. The molecule has 1 heterocycles. The van der Waals surface area contributed by atoms with Crippen LogP contribution in [0.15, 0.2) is 23.3 Å². The van der Waals surface area contributed by atoms with Gasteiger partial charge in [0.1, 0.15) is 5.82 Å². The molecular weight excluding hydrogens is 434 g/mol. The van der Waals surface area contributed by atoms with Gasteiger partial charge in [-0.05, 0) is 43.7 Å². The second-order valence-electron chi connectivity index (χ2n) is 6.43. The van der Waals surface area contributed by atoms with Gasteiger partial charge in [0.15, 0.2) is 5.96 Å². The first kappa shape index (κ1) is 22.1. The quantitative estimate of drug-likeness (QED) is 0.352. The van der Waals surface area contributed by atoms with Crippen molar-refractivity contribution in [3.8, 4) is 0 Å². The lowest BCUT2D eigenvalue weighted by Gasteiger charge is -2.30. The third-order valence-electron chi connectivity index (χ3n) is 4.70. The van der Waals surface area contributed by atoms with Crippen molar-refractivity contribution in [1.29, 1.82) is 0 Å². The third kappa shape index (κ3) is 7.05. The highest BCUT2D eigenvalue weighted by Crippen LogP contribution is 2.40. The summed E-state index contributed by atoms with van der Waals surface area (Å²) in [6.45, 7) is 4.67. The van der Waals surface area contributed by atoms with Crippen LogP contribution >= 0.6 is 24.0 Å². The van der Waals surface area contributed by atoms with E-state index in [1.165, 1.54) is 31.7 Å². The third-order valence-corrected chi connectivity index (χ3v) is 4.70. The molecule has 1 aliphatic carbocycles. The Morgan fingerprint density at radius 3 is 2.76 bits per heavy atom. The summed E-state index contributed by atoms with van der Waals surface area (Å²) >= 11 is 0. The number of guanidine groups is 1. The molecule has 1 aromatic heterocycles. The average Bonchev–Trinajstić information content (AvgIpc) is 3.06. The number of nitrogens with zero attached hydrogens (tertiary/aromatic N) is 2. The second kappa shape index (κ2) is 11.6. The molecule has 0 bridgehead atoms. The van der Waals surface area contributed by atoms with Gasteiger partial charge in [0, 0.05) is 33.0 Å². The van der Waals surface area contributed by atoms with Gasteiger partial charge < -0.3 is 15.4 Å². The first-order valence-corrected chi connectivity index (χ1v) is 8.79. The predicted molar refractivity (Wildman–Crippen MR) is 110 cm³/mol.